The van der Waals surface area contributed by atoms with Gasteiger partial charge in [-0.1, -0.05) is 35.3 Å². The van der Waals surface area contributed by atoms with E-state index in [4.69, 9.17) is 23.2 Å². The molecule has 2 rings (SSSR count). The molecule has 0 radical (unpaired) electrons. The van der Waals surface area contributed by atoms with Gasteiger partial charge in [0.1, 0.15) is 0 Å². The molecule has 29 heavy (non-hydrogen) atoms. The summed E-state index contributed by atoms with van der Waals surface area (Å²) in [6, 6.07) is 13.1. The largest absolute Gasteiger partial charge is 0.357 e. The molecular weight excluding hydrogens is 522 g/mol. The van der Waals surface area contributed by atoms with Crippen LogP contribution in [0.3, 0.4) is 0 Å². The van der Waals surface area contributed by atoms with Gasteiger partial charge in [0.2, 0.25) is 0 Å². The molecule has 0 aliphatic heterocycles. The van der Waals surface area contributed by atoms with Crippen LogP contribution in [-0.4, -0.2) is 44.0 Å². The molecular formula is C21H27Cl2IN4O. The molecule has 1 amide bonds. The third kappa shape index (κ3) is 8.80. The Bertz CT molecular complexity index is 806. The minimum Gasteiger partial charge on any atom is -0.357 e. The molecule has 0 aliphatic rings. The molecule has 0 spiro atoms. The topological polar surface area (TPSA) is 56.7 Å². The van der Waals surface area contributed by atoms with Crippen LogP contribution in [0.5, 0.6) is 0 Å². The normalized spacial score (nSPS) is 10.9. The summed E-state index contributed by atoms with van der Waals surface area (Å²) < 4.78 is 0. The van der Waals surface area contributed by atoms with Crippen molar-refractivity contribution in [2.75, 3.05) is 27.2 Å². The van der Waals surface area contributed by atoms with Gasteiger partial charge in [0.15, 0.2) is 5.96 Å². The number of nitrogens with one attached hydrogen (secondary N) is 2. The highest BCUT2D eigenvalue weighted by atomic mass is 127. The number of carbonyl (C=O) groups excluding carboxylic acids is 1. The molecule has 0 atom stereocenters. The van der Waals surface area contributed by atoms with Crippen molar-refractivity contribution in [1.82, 2.24) is 15.5 Å². The number of hydrogen-bond acceptors (Lipinski definition) is 2. The Balaban J connectivity index is 0.00000420. The Morgan fingerprint density at radius 2 is 1.62 bits per heavy atom. The van der Waals surface area contributed by atoms with Crippen molar-refractivity contribution >= 4 is 59.0 Å². The molecule has 5 nitrogen and oxygen atoms in total. The summed E-state index contributed by atoms with van der Waals surface area (Å²) in [5.41, 5.74) is 2.78. The van der Waals surface area contributed by atoms with Gasteiger partial charge < -0.3 is 15.5 Å². The average molecular weight is 549 g/mol. The van der Waals surface area contributed by atoms with Gasteiger partial charge in [-0.2, -0.15) is 0 Å². The molecule has 0 saturated heterocycles. The summed E-state index contributed by atoms with van der Waals surface area (Å²) in [7, 11) is 3.48. The number of carbonyl (C=O) groups is 1. The number of amides is 1. The van der Waals surface area contributed by atoms with E-state index < -0.39 is 0 Å². The summed E-state index contributed by atoms with van der Waals surface area (Å²) in [6.07, 6.45) is 0.784. The first-order valence-corrected chi connectivity index (χ1v) is 9.92. The van der Waals surface area contributed by atoms with E-state index in [-0.39, 0.29) is 29.9 Å². The van der Waals surface area contributed by atoms with Crippen LogP contribution in [0.4, 0.5) is 0 Å². The van der Waals surface area contributed by atoms with Crippen molar-refractivity contribution in [3.05, 3.63) is 69.2 Å². The highest BCUT2D eigenvalue weighted by molar-refractivity contribution is 14.0. The molecule has 0 fully saturated rings. The molecule has 2 aromatic carbocycles. The maximum absolute atomic E-state index is 11.9. The lowest BCUT2D eigenvalue weighted by Crippen LogP contribution is -2.38. The Morgan fingerprint density at radius 1 is 1.00 bits per heavy atom. The molecule has 0 unspecified atom stereocenters. The second-order valence-corrected chi connectivity index (χ2v) is 7.42. The van der Waals surface area contributed by atoms with Crippen molar-refractivity contribution in [2.45, 2.75) is 19.9 Å². The van der Waals surface area contributed by atoms with E-state index >= 15 is 0 Å². The van der Waals surface area contributed by atoms with E-state index in [1.807, 2.05) is 43.3 Å². The monoisotopic (exact) mass is 548 g/mol. The predicted octanol–water partition coefficient (Wildman–Crippen LogP) is 4.61. The number of halogens is 3. The summed E-state index contributed by atoms with van der Waals surface area (Å²) in [6.45, 7) is 4.02. The van der Waals surface area contributed by atoms with E-state index in [9.17, 15) is 4.79 Å². The first-order valence-electron chi connectivity index (χ1n) is 9.16. The Labute approximate surface area is 199 Å². The third-order valence-corrected chi connectivity index (χ3v) is 4.44. The third-order valence-electron chi connectivity index (χ3n) is 4.00. The number of aliphatic imine (C=N–C) groups is 1. The standard InChI is InChI=1S/C21H26Cl2N4O.HI/c1-4-24-21(25-10-9-16-11-18(22)13-19(23)12-16)26-14-15-5-7-17(8-6-15)20(28)27(2)3;/h5-8,11-13H,4,9-10,14H2,1-3H3,(H2,24,25,26);1H. The van der Waals surface area contributed by atoms with Gasteiger partial charge >= 0.3 is 0 Å². The minimum absolute atomic E-state index is 0. The number of benzene rings is 2. The van der Waals surface area contributed by atoms with Gasteiger partial charge in [-0.15, -0.1) is 24.0 Å². The van der Waals surface area contributed by atoms with Gasteiger partial charge in [0, 0.05) is 42.8 Å². The number of hydrogen-bond donors (Lipinski definition) is 2. The fourth-order valence-corrected chi connectivity index (χ4v) is 3.17. The smallest absolute Gasteiger partial charge is 0.253 e. The Hall–Kier alpha value is -1.51. The predicted molar refractivity (Wildman–Crippen MR) is 133 cm³/mol. The van der Waals surface area contributed by atoms with Gasteiger partial charge in [-0.25, -0.2) is 4.99 Å². The molecule has 0 aliphatic carbocycles. The summed E-state index contributed by atoms with van der Waals surface area (Å²) in [4.78, 5) is 18.1. The zero-order chi connectivity index (χ0) is 20.5. The van der Waals surface area contributed by atoms with Crippen molar-refractivity contribution in [3.63, 3.8) is 0 Å². The van der Waals surface area contributed by atoms with E-state index in [1.165, 1.54) is 0 Å². The highest BCUT2D eigenvalue weighted by Crippen LogP contribution is 2.19. The lowest BCUT2D eigenvalue weighted by molar-refractivity contribution is 0.0827. The molecule has 0 heterocycles. The average Bonchev–Trinajstić information content (AvgIpc) is 2.65. The quantitative estimate of drug-likeness (QED) is 0.302. The maximum Gasteiger partial charge on any atom is 0.253 e. The number of nitrogens with zero attached hydrogens (tertiary/aromatic N) is 2. The summed E-state index contributed by atoms with van der Waals surface area (Å²) >= 11 is 12.1. The first-order chi connectivity index (χ1) is 13.4. The second-order valence-electron chi connectivity index (χ2n) is 6.55. The Kier molecular flexibility index (Phi) is 11.4. The molecule has 0 saturated carbocycles. The SMILES string of the molecule is CCNC(=NCc1ccc(C(=O)N(C)C)cc1)NCCc1cc(Cl)cc(Cl)c1.I. The van der Waals surface area contributed by atoms with Crippen molar-refractivity contribution in [2.24, 2.45) is 4.99 Å². The first kappa shape index (κ1) is 25.5. The van der Waals surface area contributed by atoms with E-state index in [0.717, 1.165) is 30.1 Å². The van der Waals surface area contributed by atoms with Crippen LogP contribution in [0, 0.1) is 0 Å². The summed E-state index contributed by atoms with van der Waals surface area (Å²) in [5.74, 6) is 0.732. The van der Waals surface area contributed by atoms with Gasteiger partial charge in [0.25, 0.3) is 5.91 Å². The van der Waals surface area contributed by atoms with Crippen molar-refractivity contribution in [3.8, 4) is 0 Å². The molecule has 0 bridgehead atoms. The zero-order valence-corrected chi connectivity index (χ0v) is 20.7. The van der Waals surface area contributed by atoms with Crippen LogP contribution < -0.4 is 10.6 Å². The van der Waals surface area contributed by atoms with Crippen LogP contribution in [0.2, 0.25) is 10.0 Å². The van der Waals surface area contributed by atoms with Crippen molar-refractivity contribution < 1.29 is 4.79 Å². The second kappa shape index (κ2) is 12.9. The van der Waals surface area contributed by atoms with E-state index in [2.05, 4.69) is 15.6 Å². The van der Waals surface area contributed by atoms with Crippen LogP contribution in [0.15, 0.2) is 47.5 Å². The number of guanidine groups is 1. The minimum atomic E-state index is -0.00817. The Morgan fingerprint density at radius 3 is 2.17 bits per heavy atom. The van der Waals surface area contributed by atoms with Gasteiger partial charge in [-0.05, 0) is 54.8 Å². The molecule has 2 aromatic rings. The number of rotatable bonds is 7. The van der Waals surface area contributed by atoms with Crippen LogP contribution >= 0.6 is 47.2 Å². The highest BCUT2D eigenvalue weighted by Gasteiger charge is 2.07. The van der Waals surface area contributed by atoms with Crippen LogP contribution in [-0.2, 0) is 13.0 Å². The van der Waals surface area contributed by atoms with E-state index in [0.29, 0.717) is 28.7 Å². The van der Waals surface area contributed by atoms with Gasteiger partial charge in [0.05, 0.1) is 6.54 Å². The molecule has 158 valence electrons. The van der Waals surface area contributed by atoms with Crippen LogP contribution in [0.1, 0.15) is 28.4 Å². The summed E-state index contributed by atoms with van der Waals surface area (Å²) in [5, 5.41) is 7.82. The lowest BCUT2D eigenvalue weighted by atomic mass is 10.1. The molecule has 8 heteroatoms. The van der Waals surface area contributed by atoms with Gasteiger partial charge in [-0.3, -0.25) is 4.79 Å². The molecule has 0 aromatic heterocycles. The van der Waals surface area contributed by atoms with Crippen molar-refractivity contribution in [1.29, 1.82) is 0 Å². The molecule has 2 N–H and O–H groups in total. The van der Waals surface area contributed by atoms with Crippen LogP contribution in [0.25, 0.3) is 0 Å². The fourth-order valence-electron chi connectivity index (χ4n) is 2.60. The fraction of sp³-hybridized carbons (Fsp3) is 0.333. The lowest BCUT2D eigenvalue weighted by Gasteiger charge is -2.12. The zero-order valence-electron chi connectivity index (χ0n) is 16.8. The van der Waals surface area contributed by atoms with E-state index in [1.54, 1.807) is 25.1 Å². The maximum atomic E-state index is 11.9.